The summed E-state index contributed by atoms with van der Waals surface area (Å²) >= 11 is 0. The zero-order chi connectivity index (χ0) is 24.5. The molecule has 5 rings (SSSR count). The molecule has 0 radical (unpaired) electrons. The molecule has 2 unspecified atom stereocenters. The summed E-state index contributed by atoms with van der Waals surface area (Å²) in [5, 5.41) is 0. The highest BCUT2D eigenvalue weighted by atomic mass is 19.2. The first-order valence-electron chi connectivity index (χ1n) is 11.6. The number of hydrogen-bond acceptors (Lipinski definition) is 1. The minimum atomic E-state index is -0.952. The van der Waals surface area contributed by atoms with Gasteiger partial charge in [0.2, 0.25) is 0 Å². The van der Waals surface area contributed by atoms with E-state index in [1.807, 2.05) is 12.2 Å². The van der Waals surface area contributed by atoms with Crippen molar-refractivity contribution in [3.8, 4) is 22.3 Å². The van der Waals surface area contributed by atoms with E-state index in [1.54, 1.807) is 36.4 Å². The number of ether oxygens (including phenoxy) is 1. The largest absolute Gasteiger partial charge is 0.368 e. The van der Waals surface area contributed by atoms with E-state index in [0.717, 1.165) is 24.8 Å². The number of epoxide rings is 1. The molecule has 1 nitrogen and oxygen atoms in total. The Morgan fingerprint density at radius 1 is 0.771 bits per heavy atom. The van der Waals surface area contributed by atoms with Gasteiger partial charge < -0.3 is 4.74 Å². The van der Waals surface area contributed by atoms with Crippen LogP contribution < -0.4 is 0 Å². The molecule has 2 aliphatic rings. The Balaban J connectivity index is 1.37. The highest BCUT2D eigenvalue weighted by Gasteiger charge is 2.30. The number of allylic oxidation sites excluding steroid dienone is 4. The minimum Gasteiger partial charge on any atom is -0.368 e. The van der Waals surface area contributed by atoms with Crippen LogP contribution >= 0.6 is 0 Å². The first-order valence-corrected chi connectivity index (χ1v) is 11.6. The number of benzene rings is 3. The van der Waals surface area contributed by atoms with E-state index in [0.29, 0.717) is 23.7 Å². The van der Waals surface area contributed by atoms with Gasteiger partial charge in [-0.2, -0.15) is 0 Å². The van der Waals surface area contributed by atoms with Crippen LogP contribution in [0.5, 0.6) is 0 Å². The Bertz CT molecular complexity index is 1330. The van der Waals surface area contributed by atoms with Crippen LogP contribution in [-0.4, -0.2) is 6.61 Å². The van der Waals surface area contributed by atoms with Crippen LogP contribution in [0, 0.1) is 29.2 Å². The molecule has 1 heterocycles. The summed E-state index contributed by atoms with van der Waals surface area (Å²) in [6.07, 6.45) is 9.89. The lowest BCUT2D eigenvalue weighted by Gasteiger charge is -2.16. The monoisotopic (exact) mass is 476 g/mol. The molecule has 5 heteroatoms. The van der Waals surface area contributed by atoms with E-state index in [-0.39, 0.29) is 28.4 Å². The lowest BCUT2D eigenvalue weighted by molar-refractivity contribution is 0.401. The van der Waals surface area contributed by atoms with Crippen molar-refractivity contribution in [3.63, 3.8) is 0 Å². The molecule has 1 fully saturated rings. The second-order valence-corrected chi connectivity index (χ2v) is 8.94. The predicted octanol–water partition coefficient (Wildman–Crippen LogP) is 8.57. The fraction of sp³-hybridized carbons (Fsp3) is 0.200. The summed E-state index contributed by atoms with van der Waals surface area (Å²) in [6, 6.07) is 12.4. The zero-order valence-corrected chi connectivity index (χ0v) is 19.0. The smallest absolute Gasteiger partial charge is 0.167 e. The number of hydrogen-bond donors (Lipinski definition) is 0. The Kier molecular flexibility index (Phi) is 6.44. The van der Waals surface area contributed by atoms with E-state index < -0.39 is 23.3 Å². The van der Waals surface area contributed by atoms with Crippen molar-refractivity contribution in [3.05, 3.63) is 113 Å². The molecule has 35 heavy (non-hydrogen) atoms. The van der Waals surface area contributed by atoms with Gasteiger partial charge in [-0.25, -0.2) is 17.6 Å². The number of rotatable bonds is 6. The molecule has 3 aromatic rings. The molecule has 0 saturated carbocycles. The van der Waals surface area contributed by atoms with Crippen molar-refractivity contribution in [2.45, 2.75) is 25.4 Å². The standard InChI is InChI=1S/C30H24F4O/c1-2-18-3-5-19(6-4-18)7-8-22-13-14-23(28(32)27(22)31)20-9-11-21(12-10-20)24-15-16-25(26-17-35-26)30(34)29(24)33/h2,5,7-16,18,26H,1,3-4,6,17H2/b8-7+. The normalized spacial score (nSPS) is 19.6. The summed E-state index contributed by atoms with van der Waals surface area (Å²) < 4.78 is 63.8. The topological polar surface area (TPSA) is 12.5 Å². The summed E-state index contributed by atoms with van der Waals surface area (Å²) in [6.45, 7) is 4.21. The fourth-order valence-corrected chi connectivity index (χ4v) is 4.45. The minimum absolute atomic E-state index is 0.0991. The van der Waals surface area contributed by atoms with Crippen LogP contribution in [0.4, 0.5) is 17.6 Å². The van der Waals surface area contributed by atoms with Gasteiger partial charge in [0.15, 0.2) is 23.3 Å². The average molecular weight is 477 g/mol. The SMILES string of the molecule is C=CC1CC=C(/C=C/c2ccc(-c3ccc(-c4ccc(C5CO5)c(F)c4F)cc3)c(F)c2F)CC1. The maximum Gasteiger partial charge on any atom is 0.167 e. The molecular weight excluding hydrogens is 452 g/mol. The van der Waals surface area contributed by atoms with Crippen molar-refractivity contribution in [1.82, 2.24) is 0 Å². The van der Waals surface area contributed by atoms with E-state index in [9.17, 15) is 17.6 Å². The maximum absolute atomic E-state index is 14.9. The first-order chi connectivity index (χ1) is 17.0. The Labute approximate surface area is 202 Å². The van der Waals surface area contributed by atoms with Crippen molar-refractivity contribution in [2.75, 3.05) is 6.61 Å². The van der Waals surface area contributed by atoms with Crippen LogP contribution in [-0.2, 0) is 4.74 Å². The van der Waals surface area contributed by atoms with Crippen LogP contribution in [0.2, 0.25) is 0 Å². The van der Waals surface area contributed by atoms with E-state index in [4.69, 9.17) is 4.74 Å². The molecule has 178 valence electrons. The van der Waals surface area contributed by atoms with E-state index in [2.05, 4.69) is 12.7 Å². The average Bonchev–Trinajstić information content (AvgIpc) is 3.72. The Morgan fingerprint density at radius 3 is 1.97 bits per heavy atom. The highest BCUT2D eigenvalue weighted by molar-refractivity contribution is 5.72. The van der Waals surface area contributed by atoms with Gasteiger partial charge in [0.05, 0.1) is 6.61 Å². The van der Waals surface area contributed by atoms with Crippen molar-refractivity contribution in [2.24, 2.45) is 5.92 Å². The third-order valence-electron chi connectivity index (χ3n) is 6.71. The molecule has 2 atom stereocenters. The first kappa shape index (κ1) is 23.3. The highest BCUT2D eigenvalue weighted by Crippen LogP contribution is 2.36. The van der Waals surface area contributed by atoms with Gasteiger partial charge in [-0.3, -0.25) is 0 Å². The van der Waals surface area contributed by atoms with Crippen molar-refractivity contribution in [1.29, 1.82) is 0 Å². The third kappa shape index (κ3) is 4.73. The lowest BCUT2D eigenvalue weighted by Crippen LogP contribution is -2.01. The van der Waals surface area contributed by atoms with Crippen molar-refractivity contribution >= 4 is 6.08 Å². The molecular formula is C30H24F4O. The van der Waals surface area contributed by atoms with Gasteiger partial charge in [0, 0.05) is 22.3 Å². The summed E-state index contributed by atoms with van der Waals surface area (Å²) in [5.74, 6) is -3.27. The van der Waals surface area contributed by atoms with Gasteiger partial charge in [0.25, 0.3) is 0 Å². The molecule has 1 aliphatic carbocycles. The molecule has 0 bridgehead atoms. The molecule has 1 saturated heterocycles. The molecule has 0 amide bonds. The Hall–Kier alpha value is -3.44. The van der Waals surface area contributed by atoms with Crippen LogP contribution in [0.1, 0.15) is 36.5 Å². The summed E-state index contributed by atoms with van der Waals surface area (Å²) in [7, 11) is 0. The lowest BCUT2D eigenvalue weighted by atomic mass is 9.89. The van der Waals surface area contributed by atoms with E-state index >= 15 is 0 Å². The van der Waals surface area contributed by atoms with Gasteiger partial charge in [-0.15, -0.1) is 6.58 Å². The quantitative estimate of drug-likeness (QED) is 0.197. The number of halogens is 4. The van der Waals surface area contributed by atoms with Crippen LogP contribution in [0.15, 0.2) is 78.9 Å². The summed E-state index contributed by atoms with van der Waals surface area (Å²) in [5.41, 5.74) is 2.56. The molecule has 0 N–H and O–H groups in total. The van der Waals surface area contributed by atoms with Crippen LogP contribution in [0.25, 0.3) is 28.3 Å². The van der Waals surface area contributed by atoms with E-state index in [1.165, 1.54) is 18.2 Å². The maximum atomic E-state index is 14.9. The van der Waals surface area contributed by atoms with Gasteiger partial charge in [-0.05, 0) is 36.3 Å². The molecule has 3 aromatic carbocycles. The second-order valence-electron chi connectivity index (χ2n) is 8.94. The van der Waals surface area contributed by atoms with Crippen molar-refractivity contribution < 1.29 is 22.3 Å². The predicted molar refractivity (Wildman–Crippen MR) is 130 cm³/mol. The zero-order valence-electron chi connectivity index (χ0n) is 19.0. The van der Waals surface area contributed by atoms with Gasteiger partial charge >= 0.3 is 0 Å². The summed E-state index contributed by atoms with van der Waals surface area (Å²) in [4.78, 5) is 0. The molecule has 0 spiro atoms. The van der Waals surface area contributed by atoms with Gasteiger partial charge in [0.1, 0.15) is 6.10 Å². The fourth-order valence-electron chi connectivity index (χ4n) is 4.45. The van der Waals surface area contributed by atoms with Crippen LogP contribution in [0.3, 0.4) is 0 Å². The Morgan fingerprint density at radius 2 is 1.40 bits per heavy atom. The van der Waals surface area contributed by atoms with Gasteiger partial charge in [-0.1, -0.05) is 78.4 Å². The third-order valence-corrected chi connectivity index (χ3v) is 6.71. The molecule has 1 aliphatic heterocycles. The molecule has 0 aromatic heterocycles. The second kappa shape index (κ2) is 9.67.